The number of carbonyl (C=O) groups is 1. The van der Waals surface area contributed by atoms with Crippen LogP contribution in [0.2, 0.25) is 0 Å². The minimum atomic E-state index is -0.180. The van der Waals surface area contributed by atoms with Gasteiger partial charge in [0, 0.05) is 11.1 Å². The molecule has 0 aliphatic carbocycles. The second-order valence-electron chi connectivity index (χ2n) is 3.65. The van der Waals surface area contributed by atoms with Crippen LogP contribution in [0.4, 0.5) is 4.79 Å². The van der Waals surface area contributed by atoms with Crippen LogP contribution in [0.1, 0.15) is 23.5 Å². The van der Waals surface area contributed by atoms with Crippen molar-refractivity contribution in [2.45, 2.75) is 19.5 Å². The molecule has 6 heteroatoms. The summed E-state index contributed by atoms with van der Waals surface area (Å²) in [6.45, 7) is 2.41. The Labute approximate surface area is 103 Å². The van der Waals surface area contributed by atoms with Crippen LogP contribution in [0.3, 0.4) is 0 Å². The van der Waals surface area contributed by atoms with Crippen LogP contribution in [-0.2, 0) is 6.54 Å². The molecule has 2 aromatic rings. The lowest BCUT2D eigenvalue weighted by Crippen LogP contribution is -2.36. The zero-order valence-electron chi connectivity index (χ0n) is 9.43. The number of hydrogen-bond acceptors (Lipinski definition) is 3. The van der Waals surface area contributed by atoms with E-state index in [1.165, 1.54) is 0 Å². The van der Waals surface area contributed by atoms with Crippen LogP contribution in [0.15, 0.2) is 29.8 Å². The third kappa shape index (κ3) is 3.32. The molecule has 0 bridgehead atoms. The predicted octanol–water partition coefficient (Wildman–Crippen LogP) is 2.03. The Morgan fingerprint density at radius 1 is 1.59 bits per heavy atom. The molecule has 2 aromatic heterocycles. The van der Waals surface area contributed by atoms with Crippen molar-refractivity contribution in [2.24, 2.45) is 0 Å². The molecule has 3 N–H and O–H groups in total. The van der Waals surface area contributed by atoms with Gasteiger partial charge in [0.15, 0.2) is 0 Å². The van der Waals surface area contributed by atoms with Gasteiger partial charge in [-0.3, -0.25) is 5.10 Å². The fraction of sp³-hybridized carbons (Fsp3) is 0.273. The van der Waals surface area contributed by atoms with Gasteiger partial charge in [-0.05, 0) is 24.4 Å². The largest absolute Gasteiger partial charge is 0.333 e. The smallest absolute Gasteiger partial charge is 0.315 e. The predicted molar refractivity (Wildman–Crippen MR) is 66.7 cm³/mol. The quantitative estimate of drug-likeness (QED) is 0.777. The zero-order valence-corrected chi connectivity index (χ0v) is 10.3. The van der Waals surface area contributed by atoms with E-state index in [-0.39, 0.29) is 12.1 Å². The van der Waals surface area contributed by atoms with E-state index in [2.05, 4.69) is 20.8 Å². The number of aromatic amines is 1. The van der Waals surface area contributed by atoms with Crippen molar-refractivity contribution in [2.75, 3.05) is 0 Å². The molecule has 0 saturated carbocycles. The molecule has 5 nitrogen and oxygen atoms in total. The minimum absolute atomic E-state index is 0.0248. The van der Waals surface area contributed by atoms with Crippen LogP contribution in [0.25, 0.3) is 0 Å². The second-order valence-corrected chi connectivity index (χ2v) is 4.63. The summed E-state index contributed by atoms with van der Waals surface area (Å²) in [5.74, 6) is 0. The number of carbonyl (C=O) groups excluding carboxylic acids is 1. The lowest BCUT2D eigenvalue weighted by Gasteiger charge is -2.12. The molecule has 0 spiro atoms. The Morgan fingerprint density at radius 3 is 3.12 bits per heavy atom. The van der Waals surface area contributed by atoms with Crippen LogP contribution >= 0.6 is 11.3 Å². The number of nitrogens with zero attached hydrogens (tertiary/aromatic N) is 1. The maximum Gasteiger partial charge on any atom is 0.315 e. The first-order valence-electron chi connectivity index (χ1n) is 5.31. The summed E-state index contributed by atoms with van der Waals surface area (Å²) < 4.78 is 0. The third-order valence-corrected chi connectivity index (χ3v) is 3.37. The summed E-state index contributed by atoms with van der Waals surface area (Å²) in [6, 6.07) is 5.64. The molecule has 2 rings (SSSR count). The highest BCUT2D eigenvalue weighted by molar-refractivity contribution is 7.10. The maximum atomic E-state index is 11.6. The van der Waals surface area contributed by atoms with E-state index in [1.54, 1.807) is 17.5 Å². The van der Waals surface area contributed by atoms with Gasteiger partial charge in [0.25, 0.3) is 0 Å². The summed E-state index contributed by atoms with van der Waals surface area (Å²) in [6.07, 6.45) is 1.66. The first-order valence-corrected chi connectivity index (χ1v) is 6.19. The van der Waals surface area contributed by atoms with Crippen LogP contribution < -0.4 is 10.6 Å². The lowest BCUT2D eigenvalue weighted by atomic mass is 10.3. The van der Waals surface area contributed by atoms with Crippen molar-refractivity contribution in [3.63, 3.8) is 0 Å². The zero-order chi connectivity index (χ0) is 12.1. The average Bonchev–Trinajstić information content (AvgIpc) is 2.99. The van der Waals surface area contributed by atoms with Crippen molar-refractivity contribution in [1.29, 1.82) is 0 Å². The average molecular weight is 250 g/mol. The van der Waals surface area contributed by atoms with Gasteiger partial charge < -0.3 is 10.6 Å². The summed E-state index contributed by atoms with van der Waals surface area (Å²) in [4.78, 5) is 12.7. The first kappa shape index (κ1) is 11.7. The number of thiophene rings is 1. The number of aromatic nitrogens is 2. The van der Waals surface area contributed by atoms with E-state index in [0.717, 1.165) is 10.6 Å². The molecule has 0 radical (unpaired) electrons. The van der Waals surface area contributed by atoms with Crippen molar-refractivity contribution >= 4 is 17.4 Å². The van der Waals surface area contributed by atoms with Crippen molar-refractivity contribution in [3.05, 3.63) is 40.3 Å². The van der Waals surface area contributed by atoms with Gasteiger partial charge in [0.2, 0.25) is 0 Å². The SMILES string of the molecule is C[C@@H](NC(=O)NCc1ccn[nH]1)c1cccs1. The summed E-state index contributed by atoms with van der Waals surface area (Å²) >= 11 is 1.63. The molecular weight excluding hydrogens is 236 g/mol. The topological polar surface area (TPSA) is 69.8 Å². The van der Waals surface area contributed by atoms with Gasteiger partial charge in [-0.1, -0.05) is 6.07 Å². The highest BCUT2D eigenvalue weighted by Gasteiger charge is 2.09. The molecule has 0 aromatic carbocycles. The molecule has 2 heterocycles. The molecule has 90 valence electrons. The number of rotatable bonds is 4. The van der Waals surface area contributed by atoms with Gasteiger partial charge in [0.05, 0.1) is 18.3 Å². The van der Waals surface area contributed by atoms with Gasteiger partial charge in [-0.25, -0.2) is 4.79 Å². The van der Waals surface area contributed by atoms with Gasteiger partial charge >= 0.3 is 6.03 Å². The van der Waals surface area contributed by atoms with Gasteiger partial charge in [-0.15, -0.1) is 11.3 Å². The minimum Gasteiger partial charge on any atom is -0.333 e. The Balaban J connectivity index is 1.77. The number of hydrogen-bond donors (Lipinski definition) is 3. The fourth-order valence-corrected chi connectivity index (χ4v) is 2.15. The number of urea groups is 1. The number of nitrogens with one attached hydrogen (secondary N) is 3. The van der Waals surface area contributed by atoms with E-state index in [4.69, 9.17) is 0 Å². The van der Waals surface area contributed by atoms with E-state index in [0.29, 0.717) is 6.54 Å². The monoisotopic (exact) mass is 250 g/mol. The van der Waals surface area contributed by atoms with E-state index >= 15 is 0 Å². The van der Waals surface area contributed by atoms with Crippen LogP contribution in [0.5, 0.6) is 0 Å². The highest BCUT2D eigenvalue weighted by Crippen LogP contribution is 2.17. The Hall–Kier alpha value is -1.82. The second kappa shape index (κ2) is 5.49. The molecule has 2 amide bonds. The lowest BCUT2D eigenvalue weighted by molar-refractivity contribution is 0.237. The molecule has 0 aliphatic rings. The van der Waals surface area contributed by atoms with E-state index in [9.17, 15) is 4.79 Å². The third-order valence-electron chi connectivity index (χ3n) is 2.32. The standard InChI is InChI=1S/C11H14N4OS/c1-8(10-3-2-6-17-10)14-11(16)12-7-9-4-5-13-15-9/h2-6,8H,7H2,1H3,(H,13,15)(H2,12,14,16)/t8-/m1/s1. The van der Waals surface area contributed by atoms with Gasteiger partial charge in [0.1, 0.15) is 0 Å². The Bertz CT molecular complexity index is 452. The molecule has 0 unspecified atom stereocenters. The normalized spacial score (nSPS) is 12.1. The Kier molecular flexibility index (Phi) is 3.77. The van der Waals surface area contributed by atoms with Crippen molar-refractivity contribution in [3.8, 4) is 0 Å². The molecule has 17 heavy (non-hydrogen) atoms. The van der Waals surface area contributed by atoms with E-state index in [1.807, 2.05) is 30.5 Å². The van der Waals surface area contributed by atoms with Crippen molar-refractivity contribution < 1.29 is 4.79 Å². The van der Waals surface area contributed by atoms with Gasteiger partial charge in [-0.2, -0.15) is 5.10 Å². The number of H-pyrrole nitrogens is 1. The Morgan fingerprint density at radius 2 is 2.47 bits per heavy atom. The highest BCUT2D eigenvalue weighted by atomic mass is 32.1. The summed E-state index contributed by atoms with van der Waals surface area (Å²) in [7, 11) is 0. The molecule has 1 atom stereocenters. The molecule has 0 aliphatic heterocycles. The summed E-state index contributed by atoms with van der Waals surface area (Å²) in [5, 5.41) is 14.2. The van der Waals surface area contributed by atoms with Crippen molar-refractivity contribution in [1.82, 2.24) is 20.8 Å². The van der Waals surface area contributed by atoms with Crippen LogP contribution in [-0.4, -0.2) is 16.2 Å². The molecular formula is C11H14N4OS. The number of amides is 2. The van der Waals surface area contributed by atoms with E-state index < -0.39 is 0 Å². The molecule has 0 fully saturated rings. The van der Waals surface area contributed by atoms with Crippen LogP contribution in [0, 0.1) is 0 Å². The first-order chi connectivity index (χ1) is 8.25. The summed E-state index contributed by atoms with van der Waals surface area (Å²) in [5.41, 5.74) is 0.879. The fourth-order valence-electron chi connectivity index (χ4n) is 1.42. The molecule has 0 saturated heterocycles. The maximum absolute atomic E-state index is 11.6.